The molecule has 1 aromatic rings. The van der Waals surface area contributed by atoms with Crippen LogP contribution in [-0.4, -0.2) is 13.0 Å². The molecule has 3 nitrogen and oxygen atoms in total. The maximum atomic E-state index is 10.9. The van der Waals surface area contributed by atoms with E-state index >= 15 is 0 Å². The second kappa shape index (κ2) is 3.44. The van der Waals surface area contributed by atoms with Crippen molar-refractivity contribution in [2.24, 2.45) is 0 Å². The van der Waals surface area contributed by atoms with Crippen LogP contribution in [0.5, 0.6) is 0 Å². The zero-order valence-corrected chi connectivity index (χ0v) is 6.76. The van der Waals surface area contributed by atoms with Gasteiger partial charge in [-0.15, -0.1) is 11.6 Å². The molecule has 60 valence electrons. The van der Waals surface area contributed by atoms with Crippen molar-refractivity contribution in [2.45, 2.75) is 5.38 Å². The highest BCUT2D eigenvalue weighted by atomic mass is 35.5. The Morgan fingerprint density at radius 3 is 3.00 bits per heavy atom. The average Bonchev–Trinajstić information content (AvgIpc) is 2.53. The van der Waals surface area contributed by atoms with E-state index in [0.717, 1.165) is 0 Å². The van der Waals surface area contributed by atoms with Crippen molar-refractivity contribution >= 4 is 17.5 Å². The Morgan fingerprint density at radius 1 is 1.82 bits per heavy atom. The molecule has 4 heteroatoms. The van der Waals surface area contributed by atoms with Gasteiger partial charge in [0.25, 0.3) is 0 Å². The Labute approximate surface area is 69.3 Å². The van der Waals surface area contributed by atoms with Gasteiger partial charge in [0.2, 0.25) is 5.91 Å². The first-order valence-corrected chi connectivity index (χ1v) is 3.58. The first-order chi connectivity index (χ1) is 5.25. The van der Waals surface area contributed by atoms with Crippen LogP contribution in [0.25, 0.3) is 0 Å². The molecule has 0 unspecified atom stereocenters. The number of furan rings is 1. The van der Waals surface area contributed by atoms with Gasteiger partial charge in [-0.1, -0.05) is 0 Å². The summed E-state index contributed by atoms with van der Waals surface area (Å²) in [5.41, 5.74) is 0. The Balaban J connectivity index is 2.70. The van der Waals surface area contributed by atoms with Gasteiger partial charge >= 0.3 is 0 Å². The van der Waals surface area contributed by atoms with E-state index in [1.54, 1.807) is 12.1 Å². The predicted molar refractivity (Wildman–Crippen MR) is 41.4 cm³/mol. The van der Waals surface area contributed by atoms with Crippen molar-refractivity contribution in [3.05, 3.63) is 24.2 Å². The van der Waals surface area contributed by atoms with Gasteiger partial charge in [0, 0.05) is 7.05 Å². The summed E-state index contributed by atoms with van der Waals surface area (Å²) in [6, 6.07) is 3.35. The zero-order valence-electron chi connectivity index (χ0n) is 6.00. The number of hydrogen-bond donors (Lipinski definition) is 1. The summed E-state index contributed by atoms with van der Waals surface area (Å²) in [6.45, 7) is 0. The number of halogens is 1. The molecule has 1 atom stereocenters. The Bertz CT molecular complexity index is 233. The van der Waals surface area contributed by atoms with Gasteiger partial charge in [-0.2, -0.15) is 0 Å². The highest BCUT2D eigenvalue weighted by Crippen LogP contribution is 2.20. The molecule has 0 aliphatic carbocycles. The van der Waals surface area contributed by atoms with Crippen molar-refractivity contribution in [3.63, 3.8) is 0 Å². The molecule has 1 amide bonds. The number of rotatable bonds is 2. The summed E-state index contributed by atoms with van der Waals surface area (Å²) in [5.74, 6) is 0.202. The summed E-state index contributed by atoms with van der Waals surface area (Å²) in [6.07, 6.45) is 1.48. The standard InChI is InChI=1S/C7H8ClNO2/c1-9-7(10)6(8)5-3-2-4-11-5/h2-4,6H,1H3,(H,9,10)/t6-/m0/s1. The monoisotopic (exact) mass is 173 g/mol. The number of carbonyl (C=O) groups is 1. The van der Waals surface area contributed by atoms with Crippen LogP contribution in [0.1, 0.15) is 11.1 Å². The summed E-state index contributed by atoms with van der Waals surface area (Å²) < 4.78 is 4.93. The van der Waals surface area contributed by atoms with Crippen LogP contribution in [0.2, 0.25) is 0 Å². The Hall–Kier alpha value is -0.960. The Kier molecular flexibility index (Phi) is 2.54. The largest absolute Gasteiger partial charge is 0.467 e. The van der Waals surface area contributed by atoms with Gasteiger partial charge in [-0.25, -0.2) is 0 Å². The number of likely N-dealkylation sites (N-methyl/N-ethyl adjacent to an activating group) is 1. The molecule has 1 heterocycles. The van der Waals surface area contributed by atoms with E-state index in [-0.39, 0.29) is 5.91 Å². The fourth-order valence-corrected chi connectivity index (χ4v) is 0.925. The van der Waals surface area contributed by atoms with Crippen LogP contribution in [-0.2, 0) is 4.79 Å². The van der Waals surface area contributed by atoms with E-state index in [2.05, 4.69) is 5.32 Å². The lowest BCUT2D eigenvalue weighted by molar-refractivity contribution is -0.120. The first kappa shape index (κ1) is 8.14. The number of nitrogens with one attached hydrogen (secondary N) is 1. The quantitative estimate of drug-likeness (QED) is 0.686. The van der Waals surface area contributed by atoms with Crippen LogP contribution < -0.4 is 5.32 Å². The van der Waals surface area contributed by atoms with E-state index in [9.17, 15) is 4.79 Å². The van der Waals surface area contributed by atoms with E-state index < -0.39 is 5.38 Å². The summed E-state index contributed by atoms with van der Waals surface area (Å²) in [5, 5.41) is 1.70. The lowest BCUT2D eigenvalue weighted by Gasteiger charge is -2.02. The minimum absolute atomic E-state index is 0.262. The van der Waals surface area contributed by atoms with E-state index in [0.29, 0.717) is 5.76 Å². The van der Waals surface area contributed by atoms with Crippen molar-refractivity contribution in [1.82, 2.24) is 5.32 Å². The van der Waals surface area contributed by atoms with E-state index in [4.69, 9.17) is 16.0 Å². The second-order valence-electron chi connectivity index (χ2n) is 1.99. The maximum Gasteiger partial charge on any atom is 0.245 e. The van der Waals surface area contributed by atoms with Gasteiger partial charge in [0.1, 0.15) is 5.76 Å². The molecule has 1 N–H and O–H groups in total. The first-order valence-electron chi connectivity index (χ1n) is 3.14. The molecule has 0 radical (unpaired) electrons. The molecule has 1 aromatic heterocycles. The summed E-state index contributed by atoms with van der Waals surface area (Å²) in [7, 11) is 1.53. The number of carbonyl (C=O) groups excluding carboxylic acids is 1. The maximum absolute atomic E-state index is 10.9. The minimum atomic E-state index is -0.727. The lowest BCUT2D eigenvalue weighted by Crippen LogP contribution is -2.22. The molecule has 0 fully saturated rings. The smallest absolute Gasteiger partial charge is 0.245 e. The predicted octanol–water partition coefficient (Wildman–Crippen LogP) is 1.31. The molecule has 0 aliphatic heterocycles. The molecule has 0 aromatic carbocycles. The summed E-state index contributed by atoms with van der Waals surface area (Å²) >= 11 is 5.69. The molecule has 1 rings (SSSR count). The van der Waals surface area contributed by atoms with Crippen molar-refractivity contribution in [3.8, 4) is 0 Å². The normalized spacial score (nSPS) is 12.5. The van der Waals surface area contributed by atoms with Gasteiger partial charge < -0.3 is 9.73 Å². The topological polar surface area (TPSA) is 42.2 Å². The van der Waals surface area contributed by atoms with Crippen LogP contribution in [0.4, 0.5) is 0 Å². The van der Waals surface area contributed by atoms with Gasteiger partial charge in [-0.3, -0.25) is 4.79 Å². The Morgan fingerprint density at radius 2 is 2.55 bits per heavy atom. The summed E-state index contributed by atoms with van der Waals surface area (Å²) in [4.78, 5) is 10.9. The molecule has 0 saturated carbocycles. The van der Waals surface area contributed by atoms with E-state index in [1.165, 1.54) is 13.3 Å². The highest BCUT2D eigenvalue weighted by Gasteiger charge is 2.17. The van der Waals surface area contributed by atoms with Gasteiger partial charge in [0.05, 0.1) is 6.26 Å². The van der Waals surface area contributed by atoms with Crippen LogP contribution >= 0.6 is 11.6 Å². The van der Waals surface area contributed by atoms with Crippen LogP contribution in [0, 0.1) is 0 Å². The average molecular weight is 174 g/mol. The molecule has 0 aliphatic rings. The van der Waals surface area contributed by atoms with Crippen molar-refractivity contribution in [2.75, 3.05) is 7.05 Å². The lowest BCUT2D eigenvalue weighted by atomic mass is 10.3. The van der Waals surface area contributed by atoms with Gasteiger partial charge in [0.15, 0.2) is 5.38 Å². The third-order valence-electron chi connectivity index (χ3n) is 1.27. The molecule has 0 bridgehead atoms. The van der Waals surface area contributed by atoms with Crippen molar-refractivity contribution in [1.29, 1.82) is 0 Å². The molecule has 11 heavy (non-hydrogen) atoms. The molecular weight excluding hydrogens is 166 g/mol. The molecular formula is C7H8ClNO2. The van der Waals surface area contributed by atoms with E-state index in [1.807, 2.05) is 0 Å². The van der Waals surface area contributed by atoms with Gasteiger partial charge in [-0.05, 0) is 12.1 Å². The second-order valence-corrected chi connectivity index (χ2v) is 2.43. The fourth-order valence-electron chi connectivity index (χ4n) is 0.691. The number of hydrogen-bond acceptors (Lipinski definition) is 2. The van der Waals surface area contributed by atoms with Crippen LogP contribution in [0.3, 0.4) is 0 Å². The third kappa shape index (κ3) is 1.74. The SMILES string of the molecule is CNC(=O)[C@@H](Cl)c1ccco1. The van der Waals surface area contributed by atoms with Crippen molar-refractivity contribution < 1.29 is 9.21 Å². The fraction of sp³-hybridized carbons (Fsp3) is 0.286. The van der Waals surface area contributed by atoms with Crippen LogP contribution in [0.15, 0.2) is 22.8 Å². The highest BCUT2D eigenvalue weighted by molar-refractivity contribution is 6.30. The molecule has 0 saturated heterocycles. The third-order valence-corrected chi connectivity index (χ3v) is 1.68. The minimum Gasteiger partial charge on any atom is -0.467 e. The number of alkyl halides is 1. The molecule has 0 spiro atoms. The zero-order chi connectivity index (χ0) is 8.27. The number of amides is 1.